The number of piperazine rings is 1. The van der Waals surface area contributed by atoms with E-state index in [0.717, 1.165) is 59.6 Å². The normalized spacial score (nSPS) is 17.1. The van der Waals surface area contributed by atoms with Crippen LogP contribution in [-0.4, -0.2) is 83.5 Å². The fourth-order valence-corrected chi connectivity index (χ4v) is 5.96. The number of aliphatic hydroxyl groups excluding tert-OH is 1. The molecule has 1 amide bonds. The van der Waals surface area contributed by atoms with Crippen LogP contribution in [0.4, 0.5) is 5.82 Å². The van der Waals surface area contributed by atoms with Gasteiger partial charge in [0, 0.05) is 49.8 Å². The average molecular weight is 563 g/mol. The van der Waals surface area contributed by atoms with Crippen LogP contribution < -0.4 is 15.0 Å². The van der Waals surface area contributed by atoms with Gasteiger partial charge in [0.2, 0.25) is 5.91 Å². The maximum absolute atomic E-state index is 13.2. The zero-order valence-corrected chi connectivity index (χ0v) is 24.7. The molecule has 1 aliphatic heterocycles. The number of rotatable bonds is 9. The highest BCUT2D eigenvalue weighted by Gasteiger charge is 2.30. The van der Waals surface area contributed by atoms with Crippen molar-refractivity contribution in [1.29, 1.82) is 0 Å². The number of nitrogens with zero attached hydrogens (tertiary/aromatic N) is 5. The number of aliphatic hydroxyl groups is 1. The maximum atomic E-state index is 13.2. The summed E-state index contributed by atoms with van der Waals surface area (Å²) in [4.78, 5) is 27.6. The molecule has 0 radical (unpaired) electrons. The van der Waals surface area contributed by atoms with Crippen molar-refractivity contribution in [3.63, 3.8) is 0 Å². The fraction of sp³-hybridized carbons (Fsp3) is 0.548. The highest BCUT2D eigenvalue weighted by atomic mass is 16.5. The van der Waals surface area contributed by atoms with E-state index in [4.69, 9.17) is 19.2 Å². The van der Waals surface area contributed by atoms with Crippen LogP contribution in [0.3, 0.4) is 0 Å². The summed E-state index contributed by atoms with van der Waals surface area (Å²) in [6.45, 7) is 9.29. The minimum Gasteiger partial charge on any atom is -0.491 e. The molecule has 1 aromatic carbocycles. The lowest BCUT2D eigenvalue weighted by Gasteiger charge is -2.38. The van der Waals surface area contributed by atoms with Crippen LogP contribution in [0.1, 0.15) is 49.1 Å². The summed E-state index contributed by atoms with van der Waals surface area (Å²) >= 11 is 0. The Hall–Kier alpha value is -3.50. The molecule has 5 rings (SSSR count). The van der Waals surface area contributed by atoms with Crippen molar-refractivity contribution in [3.05, 3.63) is 41.3 Å². The van der Waals surface area contributed by atoms with E-state index < -0.39 is 6.10 Å². The summed E-state index contributed by atoms with van der Waals surface area (Å²) < 4.78 is 11.4. The van der Waals surface area contributed by atoms with Gasteiger partial charge in [0.1, 0.15) is 30.0 Å². The van der Waals surface area contributed by atoms with Crippen molar-refractivity contribution in [2.75, 3.05) is 51.3 Å². The summed E-state index contributed by atoms with van der Waals surface area (Å²) in [6.07, 6.45) is 4.99. The summed E-state index contributed by atoms with van der Waals surface area (Å²) in [5.74, 6) is 3.27. The number of nitrogens with one attached hydrogen (secondary N) is 1. The minimum absolute atomic E-state index is 0.179. The molecule has 220 valence electrons. The lowest BCUT2D eigenvalue weighted by Crippen LogP contribution is -2.51. The van der Waals surface area contributed by atoms with Gasteiger partial charge in [0.25, 0.3) is 0 Å². The molecule has 1 saturated heterocycles. The fourth-order valence-electron chi connectivity index (χ4n) is 5.96. The molecule has 3 heterocycles. The highest BCUT2D eigenvalue weighted by Crippen LogP contribution is 2.35. The van der Waals surface area contributed by atoms with Gasteiger partial charge >= 0.3 is 0 Å². The molecule has 41 heavy (non-hydrogen) atoms. The lowest BCUT2D eigenvalue weighted by molar-refractivity contribution is -0.136. The monoisotopic (exact) mass is 562 g/mol. The Morgan fingerprint density at radius 1 is 1.12 bits per heavy atom. The number of carbonyl (C=O) groups excluding carboxylic acids is 1. The van der Waals surface area contributed by atoms with E-state index in [2.05, 4.69) is 15.4 Å². The first-order valence-corrected chi connectivity index (χ1v) is 14.8. The number of ether oxygens (including phenoxy) is 1. The van der Waals surface area contributed by atoms with E-state index in [1.54, 1.807) is 7.05 Å². The second kappa shape index (κ2) is 13.0. The van der Waals surface area contributed by atoms with Crippen LogP contribution in [0.25, 0.3) is 22.6 Å². The van der Waals surface area contributed by atoms with E-state index in [-0.39, 0.29) is 12.5 Å². The Balaban J connectivity index is 1.44. The summed E-state index contributed by atoms with van der Waals surface area (Å²) in [5, 5.41) is 17.2. The number of amides is 1. The highest BCUT2D eigenvalue weighted by molar-refractivity contribution is 5.79. The van der Waals surface area contributed by atoms with Crippen LogP contribution in [0.2, 0.25) is 0 Å². The van der Waals surface area contributed by atoms with Crippen molar-refractivity contribution < 1.29 is 19.2 Å². The summed E-state index contributed by atoms with van der Waals surface area (Å²) in [7, 11) is 1.79. The number of hydrogen-bond acceptors (Lipinski definition) is 9. The molecule has 2 aromatic heterocycles. The van der Waals surface area contributed by atoms with Gasteiger partial charge in [-0.15, -0.1) is 0 Å². The number of hydrogen-bond donors (Lipinski definition) is 2. The van der Waals surface area contributed by atoms with Gasteiger partial charge in [0.15, 0.2) is 5.82 Å². The predicted octanol–water partition coefficient (Wildman–Crippen LogP) is 3.91. The number of carbonyl (C=O) groups is 1. The third-order valence-corrected chi connectivity index (χ3v) is 8.21. The van der Waals surface area contributed by atoms with Crippen molar-refractivity contribution >= 4 is 11.7 Å². The van der Waals surface area contributed by atoms with E-state index in [1.165, 1.54) is 6.42 Å². The molecule has 1 unspecified atom stereocenters. The van der Waals surface area contributed by atoms with E-state index >= 15 is 0 Å². The zero-order chi connectivity index (χ0) is 28.9. The largest absolute Gasteiger partial charge is 0.491 e. The first kappa shape index (κ1) is 29.0. The Morgan fingerprint density at radius 3 is 2.56 bits per heavy atom. The SMILES string of the molecule is CNCC(O)COc1cccc(-c2nc(-c3c(C)noc3C)c(C)c(N3CCN(C(=O)C4CCCCC4)CC3)n2)c1. The maximum Gasteiger partial charge on any atom is 0.225 e. The van der Waals surface area contributed by atoms with Gasteiger partial charge in [0.05, 0.1) is 17.0 Å². The molecule has 3 aromatic rings. The van der Waals surface area contributed by atoms with E-state index in [0.29, 0.717) is 56.0 Å². The molecule has 1 aliphatic carbocycles. The van der Waals surface area contributed by atoms with Crippen molar-refractivity contribution in [2.24, 2.45) is 5.92 Å². The molecule has 1 saturated carbocycles. The third kappa shape index (κ3) is 6.54. The van der Waals surface area contributed by atoms with Gasteiger partial charge in [-0.2, -0.15) is 0 Å². The van der Waals surface area contributed by atoms with Crippen molar-refractivity contribution in [2.45, 2.75) is 59.0 Å². The quantitative estimate of drug-likeness (QED) is 0.400. The summed E-state index contributed by atoms with van der Waals surface area (Å²) in [5.41, 5.74) is 4.21. The minimum atomic E-state index is -0.610. The molecule has 1 atom stereocenters. The third-order valence-electron chi connectivity index (χ3n) is 8.21. The molecular formula is C31H42N6O4. The Bertz CT molecular complexity index is 1320. The number of anilines is 1. The van der Waals surface area contributed by atoms with Crippen molar-refractivity contribution in [1.82, 2.24) is 25.3 Å². The molecule has 10 nitrogen and oxygen atoms in total. The van der Waals surface area contributed by atoms with Crippen LogP contribution >= 0.6 is 0 Å². The van der Waals surface area contributed by atoms with Gasteiger partial charge < -0.3 is 29.5 Å². The first-order valence-electron chi connectivity index (χ1n) is 14.8. The molecule has 10 heteroatoms. The first-order chi connectivity index (χ1) is 19.9. The Morgan fingerprint density at radius 2 is 1.88 bits per heavy atom. The van der Waals surface area contributed by atoms with Gasteiger partial charge in [-0.3, -0.25) is 4.79 Å². The second-order valence-electron chi connectivity index (χ2n) is 11.2. The van der Waals surface area contributed by atoms with Crippen molar-refractivity contribution in [3.8, 4) is 28.4 Å². The Labute approximate surface area is 242 Å². The molecule has 2 fully saturated rings. The van der Waals surface area contributed by atoms with E-state index in [9.17, 15) is 9.90 Å². The number of likely N-dealkylation sites (N-methyl/N-ethyl adjacent to an activating group) is 1. The van der Waals surface area contributed by atoms with Gasteiger partial charge in [-0.1, -0.05) is 36.6 Å². The summed E-state index contributed by atoms with van der Waals surface area (Å²) in [6, 6.07) is 7.63. The van der Waals surface area contributed by atoms with Crippen LogP contribution in [0, 0.1) is 26.7 Å². The zero-order valence-electron chi connectivity index (χ0n) is 24.7. The molecule has 2 N–H and O–H groups in total. The Kier molecular flexibility index (Phi) is 9.19. The number of aryl methyl sites for hydroxylation is 2. The topological polar surface area (TPSA) is 117 Å². The van der Waals surface area contributed by atoms with E-state index in [1.807, 2.05) is 49.9 Å². The van der Waals surface area contributed by atoms with Crippen LogP contribution in [0.5, 0.6) is 5.75 Å². The average Bonchev–Trinajstić information content (AvgIpc) is 3.34. The molecule has 0 spiro atoms. The van der Waals surface area contributed by atoms with Gasteiger partial charge in [-0.25, -0.2) is 9.97 Å². The molecular weight excluding hydrogens is 520 g/mol. The van der Waals surface area contributed by atoms with Gasteiger partial charge in [-0.05, 0) is 52.8 Å². The lowest BCUT2D eigenvalue weighted by atomic mass is 9.88. The smallest absolute Gasteiger partial charge is 0.225 e. The van der Waals surface area contributed by atoms with Crippen LogP contribution in [0.15, 0.2) is 28.8 Å². The number of benzene rings is 1. The predicted molar refractivity (Wildman–Crippen MR) is 158 cm³/mol. The second-order valence-corrected chi connectivity index (χ2v) is 11.2. The van der Waals surface area contributed by atoms with Crippen LogP contribution in [-0.2, 0) is 4.79 Å². The number of aromatic nitrogens is 3. The standard InChI is InChI=1S/C31H42N6O4/c1-20-28(27-21(2)35-41-22(27)3)33-29(24-11-8-12-26(17-24)40-19-25(38)18-32-4)34-30(20)36-13-15-37(16-14-36)31(39)23-9-6-5-7-10-23/h8,11-12,17,23,25,32,38H,5-7,9-10,13-16,18-19H2,1-4H3. The molecule has 0 bridgehead atoms. The molecule has 2 aliphatic rings.